The van der Waals surface area contributed by atoms with Crippen LogP contribution in [0.15, 0.2) is 30.3 Å². The van der Waals surface area contributed by atoms with Crippen LogP contribution in [0.1, 0.15) is 50.7 Å². The maximum atomic E-state index is 15.8. The van der Waals surface area contributed by atoms with Gasteiger partial charge in [-0.25, -0.2) is 8.78 Å². The van der Waals surface area contributed by atoms with Gasteiger partial charge < -0.3 is 26.2 Å². The van der Waals surface area contributed by atoms with Gasteiger partial charge in [0.1, 0.15) is 17.0 Å². The Morgan fingerprint density at radius 3 is 2.50 bits per heavy atom. The van der Waals surface area contributed by atoms with E-state index in [1.54, 1.807) is 6.07 Å². The molecule has 0 saturated carbocycles. The summed E-state index contributed by atoms with van der Waals surface area (Å²) in [5.74, 6) is -3.47. The zero-order valence-electron chi connectivity index (χ0n) is 23.7. The van der Waals surface area contributed by atoms with Gasteiger partial charge in [-0.15, -0.1) is 0 Å². The van der Waals surface area contributed by atoms with E-state index in [1.165, 1.54) is 24.3 Å². The molecule has 2 aromatic carbocycles. The molecule has 0 aliphatic carbocycles. The standard InChI is InChI=1S/C30H36Cl2F2N4O4/c1-29(2,3)12-23-30(16-10-19(33)18(32)11-20(16)36-28(30)42)24(15-6-4-7-17(31)25(15)34)26(37-23)27(41)35-8-5-9-38-13-21(39)22(40)14-38/h4,6-7,10-11,21-24,26,37,39-40H,5,8-9,12-14H2,1-3H3,(H,35,41)(H,36,42)/t21-,22-,23-,24+,26-,30+/m1/s1. The first-order valence-corrected chi connectivity index (χ1v) is 14.9. The van der Waals surface area contributed by atoms with Crippen molar-refractivity contribution in [3.05, 3.63) is 63.1 Å². The minimum atomic E-state index is -1.55. The Kier molecular flexibility index (Phi) is 8.61. The minimum absolute atomic E-state index is 0.0740. The maximum absolute atomic E-state index is 15.8. The van der Waals surface area contributed by atoms with Gasteiger partial charge in [0, 0.05) is 43.8 Å². The van der Waals surface area contributed by atoms with Crippen LogP contribution in [0.3, 0.4) is 0 Å². The number of anilines is 1. The summed E-state index contributed by atoms with van der Waals surface area (Å²) in [6.07, 6.45) is -0.650. The molecule has 3 aliphatic heterocycles. The number of aliphatic hydroxyl groups is 2. The lowest BCUT2D eigenvalue weighted by molar-refractivity contribution is -0.123. The van der Waals surface area contributed by atoms with Crippen molar-refractivity contribution in [3.63, 3.8) is 0 Å². The molecule has 0 aromatic heterocycles. The van der Waals surface area contributed by atoms with Crippen molar-refractivity contribution in [1.29, 1.82) is 0 Å². The topological polar surface area (TPSA) is 114 Å². The quantitative estimate of drug-likeness (QED) is 0.301. The molecule has 2 saturated heterocycles. The third-order valence-corrected chi connectivity index (χ3v) is 9.17. The molecule has 228 valence electrons. The number of hydrogen-bond acceptors (Lipinski definition) is 6. The SMILES string of the molecule is CC(C)(C)C[C@H]1N[C@@H](C(=O)NCCCN2C[C@@H](O)[C@H](O)C2)[C@H](c2cccc(Cl)c2F)[C@@]12C(=O)Nc1cc(Cl)c(F)cc12. The number of benzene rings is 2. The second kappa shape index (κ2) is 11.6. The highest BCUT2D eigenvalue weighted by molar-refractivity contribution is 6.31. The molecule has 2 fully saturated rings. The number of rotatable bonds is 7. The molecule has 6 atom stereocenters. The van der Waals surface area contributed by atoms with Crippen molar-refractivity contribution in [2.75, 3.05) is 31.5 Å². The van der Waals surface area contributed by atoms with E-state index in [0.717, 1.165) is 0 Å². The summed E-state index contributed by atoms with van der Waals surface area (Å²) in [5.41, 5.74) is -1.18. The normalized spacial score (nSPS) is 29.3. The Balaban J connectivity index is 1.54. The van der Waals surface area contributed by atoms with Gasteiger partial charge in [-0.1, -0.05) is 56.1 Å². The molecule has 0 unspecified atom stereocenters. The first kappa shape index (κ1) is 31.1. The zero-order valence-corrected chi connectivity index (χ0v) is 25.2. The maximum Gasteiger partial charge on any atom is 0.237 e. The van der Waals surface area contributed by atoms with Gasteiger partial charge in [0.05, 0.1) is 28.3 Å². The Hall–Kier alpha value is -2.34. The molecule has 3 aliphatic rings. The molecule has 5 N–H and O–H groups in total. The molecule has 0 radical (unpaired) electrons. The number of hydrogen-bond donors (Lipinski definition) is 5. The number of aliphatic hydroxyl groups excluding tert-OH is 2. The largest absolute Gasteiger partial charge is 0.389 e. The summed E-state index contributed by atoms with van der Waals surface area (Å²) in [7, 11) is 0. The van der Waals surface area contributed by atoms with Crippen LogP contribution in [0, 0.1) is 17.0 Å². The predicted octanol–water partition coefficient (Wildman–Crippen LogP) is 3.57. The van der Waals surface area contributed by atoms with Gasteiger partial charge in [-0.2, -0.15) is 0 Å². The van der Waals surface area contributed by atoms with E-state index < -0.39 is 59.1 Å². The molecule has 12 heteroatoms. The highest BCUT2D eigenvalue weighted by Crippen LogP contribution is 2.57. The molecule has 8 nitrogen and oxygen atoms in total. The predicted molar refractivity (Wildman–Crippen MR) is 157 cm³/mol. The minimum Gasteiger partial charge on any atom is -0.389 e. The average molecular weight is 626 g/mol. The number of fused-ring (bicyclic) bond motifs is 2. The Labute approximate surface area is 253 Å². The van der Waals surface area contributed by atoms with Crippen molar-refractivity contribution in [2.24, 2.45) is 5.41 Å². The Morgan fingerprint density at radius 1 is 1.14 bits per heavy atom. The van der Waals surface area contributed by atoms with E-state index in [0.29, 0.717) is 43.7 Å². The summed E-state index contributed by atoms with van der Waals surface area (Å²) in [6.45, 7) is 7.50. The summed E-state index contributed by atoms with van der Waals surface area (Å²) >= 11 is 12.3. The molecular weight excluding hydrogens is 589 g/mol. The van der Waals surface area contributed by atoms with Crippen LogP contribution in [0.25, 0.3) is 0 Å². The number of amides is 2. The number of carbonyl (C=O) groups excluding carboxylic acids is 2. The highest BCUT2D eigenvalue weighted by atomic mass is 35.5. The number of carbonyl (C=O) groups is 2. The molecule has 0 bridgehead atoms. The number of β-amino-alcohol motifs (C(OH)–C–C–N with tert-alkyl or cyclic N) is 2. The number of nitrogens with one attached hydrogen (secondary N) is 3. The molecule has 2 amide bonds. The summed E-state index contributed by atoms with van der Waals surface area (Å²) < 4.78 is 30.8. The van der Waals surface area contributed by atoms with Gasteiger partial charge in [-0.05, 0) is 47.6 Å². The zero-order chi connectivity index (χ0) is 30.6. The van der Waals surface area contributed by atoms with Crippen molar-refractivity contribution in [3.8, 4) is 0 Å². The monoisotopic (exact) mass is 624 g/mol. The van der Waals surface area contributed by atoms with Crippen LogP contribution < -0.4 is 16.0 Å². The van der Waals surface area contributed by atoms with Crippen molar-refractivity contribution >= 4 is 40.7 Å². The van der Waals surface area contributed by atoms with Crippen LogP contribution in [-0.2, 0) is 15.0 Å². The lowest BCUT2D eigenvalue weighted by Crippen LogP contribution is -2.49. The van der Waals surface area contributed by atoms with Crippen LogP contribution in [0.4, 0.5) is 14.5 Å². The van der Waals surface area contributed by atoms with E-state index in [1.807, 2.05) is 25.7 Å². The first-order valence-electron chi connectivity index (χ1n) is 14.1. The van der Waals surface area contributed by atoms with Crippen LogP contribution >= 0.6 is 23.2 Å². The lowest BCUT2D eigenvalue weighted by atomic mass is 9.62. The van der Waals surface area contributed by atoms with Crippen molar-refractivity contribution in [2.45, 2.75) is 69.2 Å². The van der Waals surface area contributed by atoms with Crippen LogP contribution in [-0.4, -0.2) is 77.4 Å². The smallest absolute Gasteiger partial charge is 0.237 e. The average Bonchev–Trinajstić information content (AvgIpc) is 3.50. The van der Waals surface area contributed by atoms with Crippen molar-refractivity contribution < 1.29 is 28.6 Å². The second-order valence-corrected chi connectivity index (χ2v) is 13.6. The van der Waals surface area contributed by atoms with Gasteiger partial charge in [0.15, 0.2) is 0 Å². The molecule has 1 spiro atoms. The van der Waals surface area contributed by atoms with Gasteiger partial charge >= 0.3 is 0 Å². The third kappa shape index (κ3) is 5.53. The fourth-order valence-corrected chi connectivity index (χ4v) is 7.16. The van der Waals surface area contributed by atoms with Gasteiger partial charge in [0.25, 0.3) is 0 Å². The number of halogens is 4. The van der Waals surface area contributed by atoms with E-state index in [2.05, 4.69) is 16.0 Å². The molecular formula is C30H36Cl2F2N4O4. The van der Waals surface area contributed by atoms with E-state index in [9.17, 15) is 19.8 Å². The Bertz CT molecular complexity index is 1380. The highest BCUT2D eigenvalue weighted by Gasteiger charge is 2.66. The molecule has 3 heterocycles. The third-order valence-electron chi connectivity index (χ3n) is 8.58. The molecule has 2 aromatic rings. The van der Waals surface area contributed by atoms with Gasteiger partial charge in [-0.3, -0.25) is 14.5 Å². The Morgan fingerprint density at radius 2 is 1.83 bits per heavy atom. The second-order valence-electron chi connectivity index (χ2n) is 12.8. The number of nitrogens with zero attached hydrogens (tertiary/aromatic N) is 1. The molecule has 42 heavy (non-hydrogen) atoms. The van der Waals surface area contributed by atoms with Crippen LogP contribution in [0.5, 0.6) is 0 Å². The summed E-state index contributed by atoms with van der Waals surface area (Å²) in [4.78, 5) is 29.9. The number of likely N-dealkylation sites (tertiary alicyclic amines) is 1. The van der Waals surface area contributed by atoms with E-state index in [-0.39, 0.29) is 27.6 Å². The summed E-state index contributed by atoms with van der Waals surface area (Å²) in [6, 6.07) is 5.29. The fraction of sp³-hybridized carbons (Fsp3) is 0.533. The molecule has 5 rings (SSSR count). The summed E-state index contributed by atoms with van der Waals surface area (Å²) in [5, 5.41) is 28.4. The van der Waals surface area contributed by atoms with Crippen molar-refractivity contribution in [1.82, 2.24) is 15.5 Å². The van der Waals surface area contributed by atoms with Crippen LogP contribution in [0.2, 0.25) is 10.0 Å². The van der Waals surface area contributed by atoms with Gasteiger partial charge in [0.2, 0.25) is 11.8 Å². The fourth-order valence-electron chi connectivity index (χ4n) is 6.82. The van der Waals surface area contributed by atoms with E-state index in [4.69, 9.17) is 23.2 Å². The van der Waals surface area contributed by atoms with E-state index >= 15 is 8.78 Å². The lowest BCUT2D eigenvalue weighted by Gasteiger charge is -2.37. The first-order chi connectivity index (χ1) is 19.7.